The predicted octanol–water partition coefficient (Wildman–Crippen LogP) is 3.05. The zero-order valence-corrected chi connectivity index (χ0v) is 9.21. The van der Waals surface area contributed by atoms with Crippen LogP contribution in [0.5, 0.6) is 5.75 Å². The second kappa shape index (κ2) is 3.49. The summed E-state index contributed by atoms with van der Waals surface area (Å²) >= 11 is 0. The van der Waals surface area contributed by atoms with Crippen molar-refractivity contribution in [2.75, 3.05) is 7.11 Å². The summed E-state index contributed by atoms with van der Waals surface area (Å²) in [6.45, 7) is 7.17. The van der Waals surface area contributed by atoms with Gasteiger partial charge in [-0.2, -0.15) is 4.52 Å². The smallest absolute Gasteiger partial charge is 0.256 e. The van der Waals surface area contributed by atoms with Gasteiger partial charge >= 0.3 is 0 Å². The number of hydrogen-bond donors (Lipinski definition) is 0. The third-order valence-electron chi connectivity index (χ3n) is 2.79. The quantitative estimate of drug-likeness (QED) is 0.594. The van der Waals surface area contributed by atoms with E-state index in [4.69, 9.17) is 11.3 Å². The number of rotatable bonds is 1. The number of aromatic nitrogens is 2. The third kappa shape index (κ3) is 1.26. The number of fused-ring (bicyclic) bond motifs is 3. The summed E-state index contributed by atoms with van der Waals surface area (Å²) in [7, 11) is 1.64. The molecular weight excluding hydrogens is 214 g/mol. The van der Waals surface area contributed by atoms with Gasteiger partial charge < -0.3 is 9.58 Å². The van der Waals surface area contributed by atoms with E-state index in [9.17, 15) is 0 Å². The second-order valence-electron chi connectivity index (χ2n) is 3.67. The molecule has 0 atom stereocenters. The maximum absolute atomic E-state index is 7.17. The Balaban J connectivity index is 2.60. The van der Waals surface area contributed by atoms with Crippen LogP contribution in [-0.2, 0) is 0 Å². The van der Waals surface area contributed by atoms with Crippen LogP contribution in [0.1, 0.15) is 0 Å². The van der Waals surface area contributed by atoms with Crippen LogP contribution in [0.2, 0.25) is 0 Å². The molecule has 0 saturated carbocycles. The van der Waals surface area contributed by atoms with E-state index in [1.54, 1.807) is 17.8 Å². The van der Waals surface area contributed by atoms with Crippen molar-refractivity contribution in [3.63, 3.8) is 0 Å². The highest BCUT2D eigenvalue weighted by molar-refractivity contribution is 6.02. The minimum Gasteiger partial charge on any atom is -0.496 e. The van der Waals surface area contributed by atoms with Crippen molar-refractivity contribution in [3.05, 3.63) is 47.9 Å². The molecule has 82 valence electrons. The van der Waals surface area contributed by atoms with Gasteiger partial charge in [-0.1, -0.05) is 18.7 Å². The molecule has 4 nitrogen and oxygen atoms in total. The molecular formula is C13H9N3O. The van der Waals surface area contributed by atoms with Gasteiger partial charge in [0.2, 0.25) is 0 Å². The average Bonchev–Trinajstić information content (AvgIpc) is 2.86. The Kier molecular flexibility index (Phi) is 1.99. The Morgan fingerprint density at radius 3 is 3.00 bits per heavy atom. The summed E-state index contributed by atoms with van der Waals surface area (Å²) in [5.74, 6) is 1.30. The highest BCUT2D eigenvalue weighted by Crippen LogP contribution is 2.32. The van der Waals surface area contributed by atoms with Gasteiger partial charge in [0.25, 0.3) is 5.82 Å². The number of hydrogen-bond acceptors (Lipinski definition) is 2. The topological polar surface area (TPSA) is 30.9 Å². The largest absolute Gasteiger partial charge is 0.496 e. The van der Waals surface area contributed by atoms with Crippen LogP contribution in [0.15, 0.2) is 36.5 Å². The molecule has 0 aliphatic rings. The van der Waals surface area contributed by atoms with Crippen molar-refractivity contribution in [1.29, 1.82) is 0 Å². The van der Waals surface area contributed by atoms with Gasteiger partial charge in [-0.15, -0.1) is 5.10 Å². The minimum atomic E-state index is 0.505. The molecule has 17 heavy (non-hydrogen) atoms. The zero-order chi connectivity index (χ0) is 11.8. The van der Waals surface area contributed by atoms with Crippen LogP contribution in [0.25, 0.3) is 21.1 Å². The fraction of sp³-hybridized carbons (Fsp3) is 0.0769. The molecule has 0 radical (unpaired) electrons. The summed E-state index contributed by atoms with van der Waals surface area (Å²) in [6, 6.07) is 9.51. The minimum absolute atomic E-state index is 0.505. The van der Waals surface area contributed by atoms with Gasteiger partial charge in [-0.05, 0) is 17.5 Å². The van der Waals surface area contributed by atoms with Crippen LogP contribution in [0, 0.1) is 6.57 Å². The van der Waals surface area contributed by atoms with E-state index in [2.05, 4.69) is 9.94 Å². The molecule has 3 aromatic rings. The van der Waals surface area contributed by atoms with Crippen LogP contribution in [0.4, 0.5) is 5.82 Å². The molecule has 1 aromatic carbocycles. The summed E-state index contributed by atoms with van der Waals surface area (Å²) in [4.78, 5) is 3.49. The molecule has 0 unspecified atom stereocenters. The second-order valence-corrected chi connectivity index (χ2v) is 3.67. The first-order valence-corrected chi connectivity index (χ1v) is 5.16. The van der Waals surface area contributed by atoms with Gasteiger partial charge in [-0.25, -0.2) is 0 Å². The van der Waals surface area contributed by atoms with Gasteiger partial charge in [0.15, 0.2) is 5.52 Å². The molecule has 0 spiro atoms. The predicted molar refractivity (Wildman–Crippen MR) is 65.5 cm³/mol. The van der Waals surface area contributed by atoms with Crippen molar-refractivity contribution < 1.29 is 4.74 Å². The van der Waals surface area contributed by atoms with E-state index in [-0.39, 0.29) is 0 Å². The monoisotopic (exact) mass is 223 g/mol. The number of nitrogens with zero attached hydrogens (tertiary/aromatic N) is 3. The molecule has 4 heteroatoms. The Morgan fingerprint density at radius 2 is 2.24 bits per heavy atom. The van der Waals surface area contributed by atoms with Crippen molar-refractivity contribution in [2.45, 2.75) is 0 Å². The highest BCUT2D eigenvalue weighted by Gasteiger charge is 2.12. The van der Waals surface area contributed by atoms with Crippen molar-refractivity contribution in [3.8, 4) is 5.75 Å². The number of methoxy groups -OCH3 is 1. The number of pyridine rings is 1. The molecule has 0 N–H and O–H groups in total. The Bertz CT molecular complexity index is 752. The lowest BCUT2D eigenvalue weighted by atomic mass is 10.1. The maximum atomic E-state index is 7.17. The lowest BCUT2D eigenvalue weighted by Crippen LogP contribution is -1.91. The lowest BCUT2D eigenvalue weighted by molar-refractivity contribution is 0.420. The highest BCUT2D eigenvalue weighted by atomic mass is 16.5. The molecule has 2 aromatic heterocycles. The molecule has 0 aliphatic heterocycles. The zero-order valence-electron chi connectivity index (χ0n) is 9.21. The van der Waals surface area contributed by atoms with E-state index in [1.165, 1.54) is 0 Å². The lowest BCUT2D eigenvalue weighted by Gasteiger charge is -2.06. The maximum Gasteiger partial charge on any atom is 0.256 e. The Morgan fingerprint density at radius 1 is 1.35 bits per heavy atom. The fourth-order valence-electron chi connectivity index (χ4n) is 2.07. The molecule has 2 heterocycles. The summed E-state index contributed by atoms with van der Waals surface area (Å²) in [5.41, 5.74) is 0.894. The molecule has 3 rings (SSSR count). The van der Waals surface area contributed by atoms with Crippen LogP contribution in [0.3, 0.4) is 0 Å². The third-order valence-corrected chi connectivity index (χ3v) is 2.79. The van der Waals surface area contributed by atoms with Crippen LogP contribution < -0.4 is 4.74 Å². The summed E-state index contributed by atoms with van der Waals surface area (Å²) < 4.78 is 7.00. The van der Waals surface area contributed by atoms with Crippen LogP contribution in [-0.4, -0.2) is 16.7 Å². The van der Waals surface area contributed by atoms with Gasteiger partial charge in [0.1, 0.15) is 5.75 Å². The Labute approximate surface area is 97.9 Å². The molecule has 0 bridgehead atoms. The van der Waals surface area contributed by atoms with Gasteiger partial charge in [0.05, 0.1) is 18.7 Å². The van der Waals surface area contributed by atoms with E-state index < -0.39 is 0 Å². The normalized spacial score (nSPS) is 10.6. The first-order chi connectivity index (χ1) is 8.35. The molecule has 0 fully saturated rings. The standard InChI is InChI=1S/C13H9N3O/c1-14-12-8-9-4-3-5-11(17-2)13(9)10-6-7-15-16(10)12/h3-8H,2H3. The first kappa shape index (κ1) is 9.67. The van der Waals surface area contributed by atoms with Crippen molar-refractivity contribution >= 4 is 22.1 Å². The van der Waals surface area contributed by atoms with Crippen LogP contribution >= 0.6 is 0 Å². The van der Waals surface area contributed by atoms with Crippen molar-refractivity contribution in [2.24, 2.45) is 0 Å². The van der Waals surface area contributed by atoms with E-state index in [0.717, 1.165) is 22.0 Å². The Hall–Kier alpha value is -2.54. The van der Waals surface area contributed by atoms with E-state index in [0.29, 0.717) is 5.82 Å². The first-order valence-electron chi connectivity index (χ1n) is 5.16. The molecule has 0 aliphatic carbocycles. The number of benzene rings is 1. The number of ether oxygens (including phenoxy) is 1. The fourth-order valence-corrected chi connectivity index (χ4v) is 2.07. The SMILES string of the molecule is [C-]#[N+]c1cc2cccc(OC)c2c2ccnn12. The summed E-state index contributed by atoms with van der Waals surface area (Å²) in [6.07, 6.45) is 1.69. The molecule has 0 saturated heterocycles. The van der Waals surface area contributed by atoms with Crippen molar-refractivity contribution in [1.82, 2.24) is 9.61 Å². The van der Waals surface area contributed by atoms with Gasteiger partial charge in [0, 0.05) is 6.07 Å². The average molecular weight is 223 g/mol. The van der Waals surface area contributed by atoms with E-state index >= 15 is 0 Å². The van der Waals surface area contributed by atoms with Gasteiger partial charge in [-0.3, -0.25) is 0 Å². The summed E-state index contributed by atoms with van der Waals surface area (Å²) in [5, 5.41) is 6.14. The van der Waals surface area contributed by atoms with E-state index in [1.807, 2.05) is 30.3 Å². The molecule has 0 amide bonds.